The lowest BCUT2D eigenvalue weighted by atomic mass is 9.95. The van der Waals surface area contributed by atoms with Gasteiger partial charge in [-0.1, -0.05) is 0 Å². The standard InChI is InChI=1S/C7H11NO2/c9-8(10)7-3-1-6(5-7)2-4-7/h6H,1-5H2. The minimum Gasteiger partial charge on any atom is -0.264 e. The van der Waals surface area contributed by atoms with Crippen LogP contribution in [0.4, 0.5) is 0 Å². The highest BCUT2D eigenvalue weighted by Gasteiger charge is 2.54. The molecule has 0 aromatic heterocycles. The summed E-state index contributed by atoms with van der Waals surface area (Å²) < 4.78 is 0. The van der Waals surface area contributed by atoms with Crippen LogP contribution in [0.1, 0.15) is 32.1 Å². The summed E-state index contributed by atoms with van der Waals surface area (Å²) in [5, 5.41) is 10.6. The van der Waals surface area contributed by atoms with Crippen LogP contribution in [-0.4, -0.2) is 10.5 Å². The number of hydrogen-bond acceptors (Lipinski definition) is 2. The Morgan fingerprint density at radius 3 is 2.20 bits per heavy atom. The first kappa shape index (κ1) is 6.13. The molecule has 0 saturated heterocycles. The van der Waals surface area contributed by atoms with Gasteiger partial charge in [0.25, 0.3) is 0 Å². The second kappa shape index (κ2) is 1.71. The van der Waals surface area contributed by atoms with Gasteiger partial charge in [-0.05, 0) is 18.8 Å². The zero-order chi connectivity index (χ0) is 7.19. The average Bonchev–Trinajstić information content (AvgIpc) is 2.45. The molecule has 0 aromatic rings. The summed E-state index contributed by atoms with van der Waals surface area (Å²) in [4.78, 5) is 10.5. The zero-order valence-electron chi connectivity index (χ0n) is 5.88. The Balaban J connectivity index is 2.23. The first-order valence-electron chi connectivity index (χ1n) is 3.87. The molecular weight excluding hydrogens is 130 g/mol. The van der Waals surface area contributed by atoms with Gasteiger partial charge in [-0.3, -0.25) is 10.1 Å². The van der Waals surface area contributed by atoms with Crippen molar-refractivity contribution < 1.29 is 4.92 Å². The fourth-order valence-corrected chi connectivity index (χ4v) is 2.42. The number of fused-ring (bicyclic) bond motifs is 2. The molecule has 0 heterocycles. The Kier molecular flexibility index (Phi) is 1.05. The van der Waals surface area contributed by atoms with Crippen molar-refractivity contribution in [2.45, 2.75) is 37.6 Å². The summed E-state index contributed by atoms with van der Waals surface area (Å²) in [5.74, 6) is 0.686. The lowest BCUT2D eigenvalue weighted by molar-refractivity contribution is -0.567. The highest BCUT2D eigenvalue weighted by Crippen LogP contribution is 2.49. The Hall–Kier alpha value is -0.600. The van der Waals surface area contributed by atoms with E-state index in [1.807, 2.05) is 0 Å². The van der Waals surface area contributed by atoms with Gasteiger partial charge in [0.05, 0.1) is 0 Å². The highest BCUT2D eigenvalue weighted by molar-refractivity contribution is 4.96. The van der Waals surface area contributed by atoms with Crippen molar-refractivity contribution in [1.29, 1.82) is 0 Å². The van der Waals surface area contributed by atoms with Crippen molar-refractivity contribution in [3.8, 4) is 0 Å². The second-order valence-corrected chi connectivity index (χ2v) is 3.63. The van der Waals surface area contributed by atoms with Crippen LogP contribution in [0.25, 0.3) is 0 Å². The van der Waals surface area contributed by atoms with E-state index in [4.69, 9.17) is 0 Å². The summed E-state index contributed by atoms with van der Waals surface area (Å²) >= 11 is 0. The van der Waals surface area contributed by atoms with E-state index < -0.39 is 5.54 Å². The smallest absolute Gasteiger partial charge is 0.222 e. The lowest BCUT2D eigenvalue weighted by Crippen LogP contribution is -2.32. The maximum absolute atomic E-state index is 10.6. The van der Waals surface area contributed by atoms with E-state index in [2.05, 4.69) is 0 Å². The minimum atomic E-state index is -0.468. The topological polar surface area (TPSA) is 43.1 Å². The van der Waals surface area contributed by atoms with E-state index >= 15 is 0 Å². The van der Waals surface area contributed by atoms with Crippen molar-refractivity contribution in [1.82, 2.24) is 0 Å². The Bertz CT molecular complexity index is 170. The van der Waals surface area contributed by atoms with E-state index in [1.54, 1.807) is 0 Å². The molecule has 0 spiro atoms. The van der Waals surface area contributed by atoms with Gasteiger partial charge in [-0.15, -0.1) is 0 Å². The number of nitrogens with zero attached hydrogens (tertiary/aromatic N) is 1. The molecule has 0 aromatic carbocycles. The summed E-state index contributed by atoms with van der Waals surface area (Å²) in [6.45, 7) is 0. The van der Waals surface area contributed by atoms with Gasteiger partial charge < -0.3 is 0 Å². The quantitative estimate of drug-likeness (QED) is 0.411. The predicted octanol–water partition coefficient (Wildman–Crippen LogP) is 1.60. The first-order chi connectivity index (χ1) is 4.73. The fraction of sp³-hybridized carbons (Fsp3) is 1.00. The molecule has 0 unspecified atom stereocenters. The molecular formula is C7H11NO2. The van der Waals surface area contributed by atoms with Crippen molar-refractivity contribution in [2.75, 3.05) is 0 Å². The van der Waals surface area contributed by atoms with Crippen LogP contribution in [-0.2, 0) is 0 Å². The summed E-state index contributed by atoms with van der Waals surface area (Å²) in [6, 6.07) is 0. The number of rotatable bonds is 1. The van der Waals surface area contributed by atoms with Gasteiger partial charge >= 0.3 is 0 Å². The number of hydrogen-bond donors (Lipinski definition) is 0. The summed E-state index contributed by atoms with van der Waals surface area (Å²) in [6.07, 6.45) is 4.73. The van der Waals surface area contributed by atoms with Crippen LogP contribution in [0.3, 0.4) is 0 Å². The van der Waals surface area contributed by atoms with Crippen molar-refractivity contribution in [2.24, 2.45) is 5.92 Å². The molecule has 0 amide bonds. The normalized spacial score (nSPS) is 44.2. The largest absolute Gasteiger partial charge is 0.264 e. The minimum absolute atomic E-state index is 0.0417. The molecule has 2 fully saturated rings. The molecule has 56 valence electrons. The number of nitro groups is 1. The molecule has 2 saturated carbocycles. The van der Waals surface area contributed by atoms with Crippen LogP contribution in [0.15, 0.2) is 0 Å². The molecule has 2 aliphatic rings. The molecule has 3 nitrogen and oxygen atoms in total. The SMILES string of the molecule is O=[N+]([O-])C12CCC(CC1)C2. The first-order valence-corrected chi connectivity index (χ1v) is 3.87. The van der Waals surface area contributed by atoms with Gasteiger partial charge in [0.1, 0.15) is 0 Å². The molecule has 2 bridgehead atoms. The summed E-state index contributed by atoms with van der Waals surface area (Å²) in [7, 11) is 0. The molecule has 10 heavy (non-hydrogen) atoms. The molecule has 0 N–H and O–H groups in total. The molecule has 3 heteroatoms. The third kappa shape index (κ3) is 0.604. The predicted molar refractivity (Wildman–Crippen MR) is 36.3 cm³/mol. The van der Waals surface area contributed by atoms with Gasteiger partial charge in [-0.25, -0.2) is 0 Å². The van der Waals surface area contributed by atoms with Gasteiger partial charge in [-0.2, -0.15) is 0 Å². The molecule has 0 aliphatic heterocycles. The van der Waals surface area contributed by atoms with Crippen molar-refractivity contribution >= 4 is 0 Å². The van der Waals surface area contributed by atoms with E-state index in [1.165, 1.54) is 0 Å². The van der Waals surface area contributed by atoms with E-state index in [-0.39, 0.29) is 4.92 Å². The van der Waals surface area contributed by atoms with Crippen molar-refractivity contribution in [3.63, 3.8) is 0 Å². The van der Waals surface area contributed by atoms with Crippen LogP contribution >= 0.6 is 0 Å². The zero-order valence-corrected chi connectivity index (χ0v) is 5.88. The van der Waals surface area contributed by atoms with Crippen molar-refractivity contribution in [3.05, 3.63) is 10.1 Å². The van der Waals surface area contributed by atoms with E-state index in [9.17, 15) is 10.1 Å². The molecule has 2 rings (SSSR count). The van der Waals surface area contributed by atoms with Crippen LogP contribution in [0.5, 0.6) is 0 Å². The third-order valence-electron chi connectivity index (χ3n) is 3.09. The van der Waals surface area contributed by atoms with Gasteiger partial charge in [0, 0.05) is 24.2 Å². The second-order valence-electron chi connectivity index (χ2n) is 3.63. The molecule has 0 atom stereocenters. The molecule has 2 aliphatic carbocycles. The average molecular weight is 141 g/mol. The van der Waals surface area contributed by atoms with Crippen LogP contribution in [0.2, 0.25) is 0 Å². The Morgan fingerprint density at radius 2 is 2.00 bits per heavy atom. The van der Waals surface area contributed by atoms with E-state index in [0.717, 1.165) is 32.1 Å². The Morgan fingerprint density at radius 1 is 1.40 bits per heavy atom. The summed E-state index contributed by atoms with van der Waals surface area (Å²) in [5.41, 5.74) is -0.468. The van der Waals surface area contributed by atoms with E-state index in [0.29, 0.717) is 5.92 Å². The van der Waals surface area contributed by atoms with Gasteiger partial charge in [0.15, 0.2) is 0 Å². The molecule has 0 radical (unpaired) electrons. The third-order valence-corrected chi connectivity index (χ3v) is 3.09. The monoisotopic (exact) mass is 141 g/mol. The lowest BCUT2D eigenvalue weighted by Gasteiger charge is -2.15. The van der Waals surface area contributed by atoms with Crippen LogP contribution in [0, 0.1) is 16.0 Å². The highest BCUT2D eigenvalue weighted by atomic mass is 16.6. The Labute approximate surface area is 59.6 Å². The maximum atomic E-state index is 10.6. The fourth-order valence-electron chi connectivity index (χ4n) is 2.42. The van der Waals surface area contributed by atoms with Gasteiger partial charge in [0.2, 0.25) is 5.54 Å². The van der Waals surface area contributed by atoms with Crippen LogP contribution < -0.4 is 0 Å². The maximum Gasteiger partial charge on any atom is 0.222 e.